The average Bonchev–Trinajstić information content (AvgIpc) is 2.18. The fraction of sp³-hybridized carbons (Fsp3) is 0.308. The Kier molecular flexibility index (Phi) is 2.66. The number of aromatic nitrogens is 1. The van der Waals surface area contributed by atoms with Crippen LogP contribution in [-0.2, 0) is 5.41 Å². The summed E-state index contributed by atoms with van der Waals surface area (Å²) in [5.41, 5.74) is 1.12. The maximum atomic E-state index is 11.7. The molecule has 84 valence electrons. The van der Waals surface area contributed by atoms with Crippen LogP contribution < -0.4 is 5.56 Å². The van der Waals surface area contributed by atoms with Crippen LogP contribution in [0.25, 0.3) is 10.8 Å². The molecule has 0 amide bonds. The van der Waals surface area contributed by atoms with Gasteiger partial charge in [-0.1, -0.05) is 42.8 Å². The van der Waals surface area contributed by atoms with E-state index >= 15 is 0 Å². The Balaban J connectivity index is 2.98. The third-order valence-corrected chi connectivity index (χ3v) is 3.34. The van der Waals surface area contributed by atoms with E-state index in [1.54, 1.807) is 0 Å². The summed E-state index contributed by atoms with van der Waals surface area (Å²) < 4.78 is 0.973. The van der Waals surface area contributed by atoms with E-state index in [2.05, 4.69) is 41.7 Å². The molecule has 0 bridgehead atoms. The second-order valence-electron chi connectivity index (χ2n) is 4.94. The van der Waals surface area contributed by atoms with Crippen molar-refractivity contribution in [1.29, 1.82) is 0 Å². The second kappa shape index (κ2) is 3.74. The molecule has 2 nitrogen and oxygen atoms in total. The molecule has 0 aliphatic carbocycles. The molecule has 1 heterocycles. The Morgan fingerprint density at radius 1 is 1.25 bits per heavy atom. The molecule has 1 aromatic carbocycles. The van der Waals surface area contributed by atoms with E-state index in [9.17, 15) is 4.79 Å². The highest BCUT2D eigenvalue weighted by Crippen LogP contribution is 2.32. The van der Waals surface area contributed by atoms with E-state index < -0.39 is 0 Å². The summed E-state index contributed by atoms with van der Waals surface area (Å²) in [5, 5.41) is 1.75. The number of nitrogens with one attached hydrogen (secondary N) is 1. The number of fused-ring (bicyclic) bond motifs is 1. The molecule has 0 fully saturated rings. The summed E-state index contributed by atoms with van der Waals surface area (Å²) in [7, 11) is 0. The highest BCUT2D eigenvalue weighted by molar-refractivity contribution is 9.10. The molecular weight excluding hydrogens is 266 g/mol. The number of aromatic amines is 1. The van der Waals surface area contributed by atoms with Gasteiger partial charge in [0.15, 0.2) is 0 Å². The Morgan fingerprint density at radius 2 is 1.94 bits per heavy atom. The summed E-state index contributed by atoms with van der Waals surface area (Å²) in [4.78, 5) is 14.5. The molecule has 0 saturated heterocycles. The quantitative estimate of drug-likeness (QED) is 0.786. The van der Waals surface area contributed by atoms with Gasteiger partial charge in [0.1, 0.15) is 0 Å². The van der Waals surface area contributed by atoms with Crippen LogP contribution in [0.1, 0.15) is 26.3 Å². The summed E-state index contributed by atoms with van der Waals surface area (Å²) in [6.07, 6.45) is 1.81. The Hall–Kier alpha value is -1.09. The fourth-order valence-electron chi connectivity index (χ4n) is 1.87. The summed E-state index contributed by atoms with van der Waals surface area (Å²) >= 11 is 3.52. The number of benzene rings is 1. The molecular formula is C13H14BrNO. The number of halogens is 1. The predicted octanol–water partition coefficient (Wildman–Crippen LogP) is 3.59. The fourth-order valence-corrected chi connectivity index (χ4v) is 2.45. The zero-order chi connectivity index (χ0) is 11.9. The van der Waals surface area contributed by atoms with Crippen molar-refractivity contribution in [3.63, 3.8) is 0 Å². The van der Waals surface area contributed by atoms with E-state index in [1.165, 1.54) is 0 Å². The van der Waals surface area contributed by atoms with Crippen LogP contribution in [-0.4, -0.2) is 4.98 Å². The van der Waals surface area contributed by atoms with Gasteiger partial charge in [0.25, 0.3) is 5.56 Å². The topological polar surface area (TPSA) is 32.9 Å². The van der Waals surface area contributed by atoms with Gasteiger partial charge in [-0.15, -0.1) is 0 Å². The van der Waals surface area contributed by atoms with E-state index in [0.29, 0.717) is 0 Å². The van der Waals surface area contributed by atoms with E-state index in [4.69, 9.17) is 0 Å². The van der Waals surface area contributed by atoms with Crippen molar-refractivity contribution in [2.45, 2.75) is 26.2 Å². The summed E-state index contributed by atoms with van der Waals surface area (Å²) in [5.74, 6) is 0. The van der Waals surface area contributed by atoms with Crippen LogP contribution in [0.5, 0.6) is 0 Å². The van der Waals surface area contributed by atoms with Crippen LogP contribution in [0, 0.1) is 0 Å². The first kappa shape index (κ1) is 11.4. The number of pyridine rings is 1. The lowest BCUT2D eigenvalue weighted by Gasteiger charge is -2.21. The maximum absolute atomic E-state index is 11.7. The van der Waals surface area contributed by atoms with Gasteiger partial charge in [-0.3, -0.25) is 4.79 Å². The highest BCUT2D eigenvalue weighted by Gasteiger charge is 2.19. The minimum absolute atomic E-state index is 0.00627. The molecule has 2 rings (SSSR count). The average molecular weight is 280 g/mol. The first-order valence-electron chi connectivity index (χ1n) is 5.21. The van der Waals surface area contributed by atoms with Crippen molar-refractivity contribution in [2.24, 2.45) is 0 Å². The molecule has 1 N–H and O–H groups in total. The maximum Gasteiger partial charge on any atom is 0.255 e. The second-order valence-corrected chi connectivity index (χ2v) is 5.80. The zero-order valence-corrected chi connectivity index (χ0v) is 11.2. The van der Waals surface area contributed by atoms with Gasteiger partial charge in [0, 0.05) is 21.4 Å². The summed E-state index contributed by atoms with van der Waals surface area (Å²) in [6.45, 7) is 6.42. The van der Waals surface area contributed by atoms with Crippen molar-refractivity contribution in [3.8, 4) is 0 Å². The molecule has 3 heteroatoms. The van der Waals surface area contributed by atoms with Gasteiger partial charge < -0.3 is 4.98 Å². The lowest BCUT2D eigenvalue weighted by Crippen LogP contribution is -2.16. The lowest BCUT2D eigenvalue weighted by molar-refractivity contribution is 0.593. The van der Waals surface area contributed by atoms with Crippen LogP contribution >= 0.6 is 15.9 Å². The molecule has 0 atom stereocenters. The van der Waals surface area contributed by atoms with Crippen molar-refractivity contribution in [1.82, 2.24) is 4.98 Å². The number of H-pyrrole nitrogens is 1. The third kappa shape index (κ3) is 1.80. The van der Waals surface area contributed by atoms with Gasteiger partial charge >= 0.3 is 0 Å². The minimum Gasteiger partial charge on any atom is -0.328 e. The third-order valence-electron chi connectivity index (χ3n) is 2.68. The van der Waals surface area contributed by atoms with E-state index in [0.717, 1.165) is 20.8 Å². The molecule has 16 heavy (non-hydrogen) atoms. The largest absolute Gasteiger partial charge is 0.328 e. The first-order valence-corrected chi connectivity index (χ1v) is 6.01. The molecule has 0 unspecified atom stereocenters. The monoisotopic (exact) mass is 279 g/mol. The van der Waals surface area contributed by atoms with Gasteiger partial charge in [-0.05, 0) is 23.1 Å². The van der Waals surface area contributed by atoms with E-state index in [1.807, 2.05) is 24.4 Å². The van der Waals surface area contributed by atoms with Crippen LogP contribution in [0.15, 0.2) is 33.7 Å². The minimum atomic E-state index is -0.0377. The molecule has 0 saturated carbocycles. The molecule has 0 radical (unpaired) electrons. The van der Waals surface area contributed by atoms with Crippen LogP contribution in [0.2, 0.25) is 0 Å². The number of hydrogen-bond donors (Lipinski definition) is 1. The van der Waals surface area contributed by atoms with Crippen molar-refractivity contribution in [2.75, 3.05) is 0 Å². The molecule has 0 aliphatic rings. The lowest BCUT2D eigenvalue weighted by atomic mass is 9.85. The molecule has 2 aromatic rings. The SMILES string of the molecule is CC(C)(C)c1c[nH]c(=O)c2cccc(Br)c12. The number of rotatable bonds is 0. The highest BCUT2D eigenvalue weighted by atomic mass is 79.9. The molecule has 1 aromatic heterocycles. The zero-order valence-electron chi connectivity index (χ0n) is 9.60. The van der Waals surface area contributed by atoms with Crippen molar-refractivity contribution < 1.29 is 0 Å². The normalized spacial score (nSPS) is 12.0. The van der Waals surface area contributed by atoms with Gasteiger partial charge in [-0.2, -0.15) is 0 Å². The Bertz CT molecular complexity index is 593. The standard InChI is InChI=1S/C13H14BrNO/c1-13(2,3)9-7-15-12(16)8-5-4-6-10(14)11(8)9/h4-7H,1-3H3,(H,15,16). The number of hydrogen-bond acceptors (Lipinski definition) is 1. The van der Waals surface area contributed by atoms with Gasteiger partial charge in [0.2, 0.25) is 0 Å². The van der Waals surface area contributed by atoms with Crippen LogP contribution in [0.3, 0.4) is 0 Å². The molecule has 0 aliphatic heterocycles. The predicted molar refractivity (Wildman–Crippen MR) is 71.0 cm³/mol. The van der Waals surface area contributed by atoms with Gasteiger partial charge in [0.05, 0.1) is 0 Å². The first-order chi connectivity index (χ1) is 7.41. The molecule has 0 spiro atoms. The smallest absolute Gasteiger partial charge is 0.255 e. The van der Waals surface area contributed by atoms with Gasteiger partial charge in [-0.25, -0.2) is 0 Å². The Labute approximate surface area is 103 Å². The summed E-state index contributed by atoms with van der Waals surface area (Å²) in [6, 6.07) is 5.71. The van der Waals surface area contributed by atoms with Crippen molar-refractivity contribution in [3.05, 3.63) is 44.8 Å². The van der Waals surface area contributed by atoms with Crippen molar-refractivity contribution >= 4 is 26.7 Å². The van der Waals surface area contributed by atoms with E-state index in [-0.39, 0.29) is 11.0 Å². The van der Waals surface area contributed by atoms with Crippen LogP contribution in [0.4, 0.5) is 0 Å². The Morgan fingerprint density at radius 3 is 2.56 bits per heavy atom.